The van der Waals surface area contributed by atoms with Crippen LogP contribution in [-0.2, 0) is 26.2 Å². The van der Waals surface area contributed by atoms with Gasteiger partial charge in [0.15, 0.2) is 11.5 Å². The van der Waals surface area contributed by atoms with E-state index in [2.05, 4.69) is 82.6 Å². The molecular weight excluding hydrogens is 430 g/mol. The molecule has 0 amide bonds. The van der Waals surface area contributed by atoms with Gasteiger partial charge in [-0.3, -0.25) is 4.90 Å². The zero-order valence-electron chi connectivity index (χ0n) is 18.9. The number of aromatic nitrogens is 2. The number of rotatable bonds is 10. The summed E-state index contributed by atoms with van der Waals surface area (Å²) in [6, 6.07) is 21.2. The molecule has 2 aromatic heterocycles. The highest BCUT2D eigenvalue weighted by Gasteiger charge is 2.18. The highest BCUT2D eigenvalue weighted by Crippen LogP contribution is 2.33. The molecule has 0 unspecified atom stereocenters. The van der Waals surface area contributed by atoms with E-state index in [4.69, 9.17) is 14.5 Å². The molecule has 3 heterocycles. The highest BCUT2D eigenvalue weighted by molar-refractivity contribution is 7.13. The van der Waals surface area contributed by atoms with Crippen molar-refractivity contribution in [2.75, 3.05) is 6.79 Å². The summed E-state index contributed by atoms with van der Waals surface area (Å²) in [5, 5.41) is 2.12. The molecule has 0 aliphatic carbocycles. The number of hydrogen-bond donors (Lipinski definition) is 0. The van der Waals surface area contributed by atoms with Crippen molar-refractivity contribution >= 4 is 11.3 Å². The van der Waals surface area contributed by atoms with E-state index in [1.165, 1.54) is 21.7 Å². The number of nitrogens with zero attached hydrogens (tertiary/aromatic N) is 3. The standard InChI is InChI=1S/C27H29N3O2S/c1-2-3-13-30-23(16-28-27(30)26-10-7-14-33-26)19-29(17-21-8-5-4-6-9-21)18-22-11-12-24-25(15-22)32-20-31-24/h4-12,14-16H,2-3,13,17-20H2,1H3. The maximum absolute atomic E-state index is 5.61. The summed E-state index contributed by atoms with van der Waals surface area (Å²) in [7, 11) is 0. The average Bonchev–Trinajstić information content (AvgIpc) is 3.59. The minimum Gasteiger partial charge on any atom is -0.454 e. The number of unbranched alkanes of at least 4 members (excludes halogenated alkanes) is 1. The molecule has 170 valence electrons. The predicted molar refractivity (Wildman–Crippen MR) is 132 cm³/mol. The van der Waals surface area contributed by atoms with Crippen molar-refractivity contribution in [1.82, 2.24) is 14.5 Å². The molecule has 0 bridgehead atoms. The molecule has 2 aromatic carbocycles. The first kappa shape index (κ1) is 21.7. The number of ether oxygens (including phenoxy) is 2. The van der Waals surface area contributed by atoms with Crippen molar-refractivity contribution in [2.24, 2.45) is 0 Å². The second-order valence-corrected chi connectivity index (χ2v) is 9.32. The molecule has 0 saturated heterocycles. The van der Waals surface area contributed by atoms with Gasteiger partial charge >= 0.3 is 0 Å². The van der Waals surface area contributed by atoms with Gasteiger partial charge in [0.2, 0.25) is 6.79 Å². The van der Waals surface area contributed by atoms with Crippen molar-refractivity contribution in [3.8, 4) is 22.2 Å². The molecule has 0 saturated carbocycles. The monoisotopic (exact) mass is 459 g/mol. The van der Waals surface area contributed by atoms with Crippen molar-refractivity contribution in [3.05, 3.63) is 89.1 Å². The molecule has 1 aliphatic heterocycles. The Kier molecular flexibility index (Phi) is 6.74. The predicted octanol–water partition coefficient (Wildman–Crippen LogP) is 6.34. The van der Waals surface area contributed by atoms with Crippen LogP contribution in [0.25, 0.3) is 10.7 Å². The summed E-state index contributed by atoms with van der Waals surface area (Å²) in [5.41, 5.74) is 3.77. The number of benzene rings is 2. The SMILES string of the molecule is CCCCn1c(CN(Cc2ccccc2)Cc2ccc3c(c2)OCO3)cnc1-c1cccs1. The Morgan fingerprint density at radius 3 is 2.61 bits per heavy atom. The summed E-state index contributed by atoms with van der Waals surface area (Å²) in [6.07, 6.45) is 4.36. The van der Waals surface area contributed by atoms with Crippen LogP contribution in [-0.4, -0.2) is 21.2 Å². The molecule has 5 rings (SSSR count). The summed E-state index contributed by atoms with van der Waals surface area (Å²) in [5.74, 6) is 2.74. The van der Waals surface area contributed by atoms with Crippen LogP contribution in [0.3, 0.4) is 0 Å². The fourth-order valence-corrected chi connectivity index (χ4v) is 4.97. The molecule has 0 atom stereocenters. The molecular formula is C27H29N3O2S. The van der Waals surface area contributed by atoms with Gasteiger partial charge in [0, 0.05) is 26.2 Å². The highest BCUT2D eigenvalue weighted by atomic mass is 32.1. The van der Waals surface area contributed by atoms with Gasteiger partial charge in [-0.2, -0.15) is 0 Å². The molecule has 1 aliphatic rings. The van der Waals surface area contributed by atoms with E-state index in [1.54, 1.807) is 11.3 Å². The first-order chi connectivity index (χ1) is 16.3. The lowest BCUT2D eigenvalue weighted by Crippen LogP contribution is -2.24. The Balaban J connectivity index is 1.43. The van der Waals surface area contributed by atoms with E-state index < -0.39 is 0 Å². The summed E-state index contributed by atoms with van der Waals surface area (Å²) < 4.78 is 13.5. The molecule has 0 radical (unpaired) electrons. The summed E-state index contributed by atoms with van der Waals surface area (Å²) >= 11 is 1.75. The first-order valence-electron chi connectivity index (χ1n) is 11.5. The van der Waals surface area contributed by atoms with Gasteiger partial charge in [-0.15, -0.1) is 11.3 Å². The van der Waals surface area contributed by atoms with Crippen molar-refractivity contribution < 1.29 is 9.47 Å². The minimum atomic E-state index is 0.300. The number of fused-ring (bicyclic) bond motifs is 1. The van der Waals surface area contributed by atoms with E-state index in [0.29, 0.717) is 6.79 Å². The van der Waals surface area contributed by atoms with E-state index in [0.717, 1.165) is 56.3 Å². The lowest BCUT2D eigenvalue weighted by atomic mass is 10.1. The maximum atomic E-state index is 5.61. The fraction of sp³-hybridized carbons (Fsp3) is 0.296. The van der Waals surface area contributed by atoms with Gasteiger partial charge in [0.25, 0.3) is 0 Å². The van der Waals surface area contributed by atoms with E-state index >= 15 is 0 Å². The zero-order valence-corrected chi connectivity index (χ0v) is 19.8. The van der Waals surface area contributed by atoms with Crippen LogP contribution in [0.5, 0.6) is 11.5 Å². The molecule has 6 heteroatoms. The van der Waals surface area contributed by atoms with Gasteiger partial charge in [0.1, 0.15) is 5.82 Å². The summed E-state index contributed by atoms with van der Waals surface area (Å²) in [6.45, 7) is 6.03. The van der Waals surface area contributed by atoms with Crippen LogP contribution < -0.4 is 9.47 Å². The van der Waals surface area contributed by atoms with Crippen LogP contribution in [0.2, 0.25) is 0 Å². The van der Waals surface area contributed by atoms with Crippen LogP contribution in [0.4, 0.5) is 0 Å². The molecule has 33 heavy (non-hydrogen) atoms. The minimum absolute atomic E-state index is 0.300. The number of hydrogen-bond acceptors (Lipinski definition) is 5. The molecule has 0 N–H and O–H groups in total. The average molecular weight is 460 g/mol. The van der Waals surface area contributed by atoms with Crippen LogP contribution in [0, 0.1) is 0 Å². The molecule has 0 fully saturated rings. The molecule has 5 nitrogen and oxygen atoms in total. The van der Waals surface area contributed by atoms with Crippen molar-refractivity contribution in [2.45, 2.75) is 45.9 Å². The van der Waals surface area contributed by atoms with Crippen LogP contribution >= 0.6 is 11.3 Å². The van der Waals surface area contributed by atoms with Gasteiger partial charge in [-0.25, -0.2) is 4.98 Å². The van der Waals surface area contributed by atoms with Crippen molar-refractivity contribution in [1.29, 1.82) is 0 Å². The lowest BCUT2D eigenvalue weighted by Gasteiger charge is -2.24. The van der Waals surface area contributed by atoms with Crippen molar-refractivity contribution in [3.63, 3.8) is 0 Å². The van der Waals surface area contributed by atoms with Gasteiger partial charge in [-0.1, -0.05) is 55.8 Å². The largest absolute Gasteiger partial charge is 0.454 e. The van der Waals surface area contributed by atoms with E-state index in [-0.39, 0.29) is 0 Å². The Morgan fingerprint density at radius 1 is 0.939 bits per heavy atom. The van der Waals surface area contributed by atoms with Crippen LogP contribution in [0.15, 0.2) is 72.2 Å². The second-order valence-electron chi connectivity index (χ2n) is 8.37. The quantitative estimate of drug-likeness (QED) is 0.277. The third kappa shape index (κ3) is 5.13. The fourth-order valence-electron chi connectivity index (χ4n) is 4.24. The smallest absolute Gasteiger partial charge is 0.231 e. The third-order valence-corrected chi connectivity index (χ3v) is 6.76. The molecule has 4 aromatic rings. The lowest BCUT2D eigenvalue weighted by molar-refractivity contribution is 0.174. The second kappa shape index (κ2) is 10.2. The van der Waals surface area contributed by atoms with E-state index in [9.17, 15) is 0 Å². The zero-order chi connectivity index (χ0) is 22.5. The Labute approximate surface area is 199 Å². The number of imidazole rings is 1. The Morgan fingerprint density at radius 2 is 1.79 bits per heavy atom. The topological polar surface area (TPSA) is 39.5 Å². The van der Waals surface area contributed by atoms with Crippen LogP contribution in [0.1, 0.15) is 36.6 Å². The third-order valence-electron chi connectivity index (χ3n) is 5.89. The van der Waals surface area contributed by atoms with Gasteiger partial charge < -0.3 is 14.0 Å². The Hall–Kier alpha value is -3.09. The Bertz CT molecular complexity index is 1170. The normalized spacial score (nSPS) is 12.5. The van der Waals surface area contributed by atoms with Gasteiger partial charge in [-0.05, 0) is 41.1 Å². The van der Waals surface area contributed by atoms with Gasteiger partial charge in [0.05, 0.1) is 16.8 Å². The van der Waals surface area contributed by atoms with E-state index in [1.807, 2.05) is 6.07 Å². The first-order valence-corrected chi connectivity index (χ1v) is 12.4. The molecule has 0 spiro atoms. The summed E-state index contributed by atoms with van der Waals surface area (Å²) in [4.78, 5) is 8.54. The number of thiophene rings is 1. The maximum Gasteiger partial charge on any atom is 0.231 e.